The first-order valence-corrected chi connectivity index (χ1v) is 6.04. The molecule has 94 valence electrons. The number of anilines is 2. The van der Waals surface area contributed by atoms with E-state index in [1.807, 2.05) is 0 Å². The normalized spacial score (nSPS) is 26.8. The number of rotatable bonds is 1. The molecule has 0 aromatic heterocycles. The van der Waals surface area contributed by atoms with E-state index in [0.717, 1.165) is 4.90 Å². The standard InChI is InChI=1S/C12H11ClN2O3/c13-7-5-6(14)1-2-8(7)15-11(16)9-3-4-10(18-9)12(15)17/h1-2,5,9-10H,3-4,14H2. The molecule has 2 bridgehead atoms. The summed E-state index contributed by atoms with van der Waals surface area (Å²) in [7, 11) is 0. The second kappa shape index (κ2) is 3.96. The number of nitrogens with zero attached hydrogens (tertiary/aromatic N) is 1. The smallest absolute Gasteiger partial charge is 0.263 e. The van der Waals surface area contributed by atoms with Gasteiger partial charge in [0.1, 0.15) is 12.2 Å². The largest absolute Gasteiger partial charge is 0.399 e. The Morgan fingerprint density at radius 2 is 1.83 bits per heavy atom. The number of carbonyl (C=O) groups is 2. The number of benzene rings is 1. The first-order chi connectivity index (χ1) is 8.58. The molecule has 2 aliphatic rings. The van der Waals surface area contributed by atoms with Crippen molar-refractivity contribution in [1.82, 2.24) is 0 Å². The Kier molecular flexibility index (Phi) is 2.53. The predicted octanol–water partition coefficient (Wildman–Crippen LogP) is 1.34. The molecular formula is C12H11ClN2O3. The van der Waals surface area contributed by atoms with Crippen LogP contribution in [0.25, 0.3) is 0 Å². The highest BCUT2D eigenvalue weighted by molar-refractivity contribution is 6.36. The third kappa shape index (κ3) is 1.59. The van der Waals surface area contributed by atoms with Crippen molar-refractivity contribution in [3.8, 4) is 0 Å². The molecule has 2 aliphatic heterocycles. The SMILES string of the molecule is Nc1ccc(N2C(=O)C3CCC(O3)C2=O)c(Cl)c1. The van der Waals surface area contributed by atoms with Crippen LogP contribution in [0.15, 0.2) is 18.2 Å². The summed E-state index contributed by atoms with van der Waals surface area (Å²) >= 11 is 6.04. The van der Waals surface area contributed by atoms with E-state index < -0.39 is 12.2 Å². The van der Waals surface area contributed by atoms with Gasteiger partial charge in [-0.25, -0.2) is 4.90 Å². The molecule has 0 radical (unpaired) electrons. The Balaban J connectivity index is 2.05. The highest BCUT2D eigenvalue weighted by Gasteiger charge is 2.47. The minimum absolute atomic E-state index is 0.290. The van der Waals surface area contributed by atoms with E-state index in [9.17, 15) is 9.59 Å². The van der Waals surface area contributed by atoms with Crippen molar-refractivity contribution in [2.75, 3.05) is 10.6 Å². The summed E-state index contributed by atoms with van der Waals surface area (Å²) in [6.07, 6.45) is 0.110. The van der Waals surface area contributed by atoms with Crippen molar-refractivity contribution in [3.63, 3.8) is 0 Å². The minimum Gasteiger partial charge on any atom is -0.399 e. The van der Waals surface area contributed by atoms with Gasteiger partial charge in [0.15, 0.2) is 0 Å². The number of morpholine rings is 1. The molecule has 2 saturated heterocycles. The van der Waals surface area contributed by atoms with Crippen molar-refractivity contribution in [2.45, 2.75) is 25.0 Å². The summed E-state index contributed by atoms with van der Waals surface area (Å²) in [5.74, 6) is -0.694. The molecule has 2 N–H and O–H groups in total. The zero-order valence-corrected chi connectivity index (χ0v) is 10.2. The monoisotopic (exact) mass is 266 g/mol. The molecule has 2 heterocycles. The van der Waals surface area contributed by atoms with Crippen molar-refractivity contribution in [3.05, 3.63) is 23.2 Å². The van der Waals surface area contributed by atoms with Crippen LogP contribution in [0.2, 0.25) is 5.02 Å². The van der Waals surface area contributed by atoms with Crippen LogP contribution in [0.4, 0.5) is 11.4 Å². The average molecular weight is 267 g/mol. The lowest BCUT2D eigenvalue weighted by molar-refractivity contribution is -0.146. The lowest BCUT2D eigenvalue weighted by atomic mass is 10.2. The third-order valence-corrected chi connectivity index (χ3v) is 3.53. The van der Waals surface area contributed by atoms with Crippen LogP contribution in [-0.2, 0) is 14.3 Å². The number of hydrogen-bond acceptors (Lipinski definition) is 4. The number of fused-ring (bicyclic) bond motifs is 2. The van der Waals surface area contributed by atoms with Gasteiger partial charge < -0.3 is 10.5 Å². The van der Waals surface area contributed by atoms with E-state index >= 15 is 0 Å². The van der Waals surface area contributed by atoms with E-state index in [2.05, 4.69) is 0 Å². The van der Waals surface area contributed by atoms with Crippen LogP contribution in [0, 0.1) is 0 Å². The Bertz CT molecular complexity index is 524. The fourth-order valence-corrected chi connectivity index (χ4v) is 2.61. The Hall–Kier alpha value is -1.59. The number of nitrogen functional groups attached to an aromatic ring is 1. The maximum Gasteiger partial charge on any atom is 0.263 e. The first-order valence-electron chi connectivity index (χ1n) is 5.66. The van der Waals surface area contributed by atoms with Gasteiger partial charge in [0.25, 0.3) is 11.8 Å². The van der Waals surface area contributed by atoms with Gasteiger partial charge in [0, 0.05) is 5.69 Å². The Morgan fingerprint density at radius 1 is 1.22 bits per heavy atom. The fraction of sp³-hybridized carbons (Fsp3) is 0.333. The van der Waals surface area contributed by atoms with Crippen molar-refractivity contribution in [2.24, 2.45) is 0 Å². The maximum atomic E-state index is 12.1. The third-order valence-electron chi connectivity index (χ3n) is 3.22. The van der Waals surface area contributed by atoms with Crippen LogP contribution >= 0.6 is 11.6 Å². The van der Waals surface area contributed by atoms with Crippen LogP contribution in [0.3, 0.4) is 0 Å². The Labute approximate surface area is 108 Å². The summed E-state index contributed by atoms with van der Waals surface area (Å²) in [6, 6.07) is 4.71. The molecule has 0 saturated carbocycles. The Morgan fingerprint density at radius 3 is 2.39 bits per heavy atom. The number of imide groups is 1. The average Bonchev–Trinajstić information content (AvgIpc) is 2.76. The lowest BCUT2D eigenvalue weighted by Crippen LogP contribution is -2.52. The van der Waals surface area contributed by atoms with Crippen molar-refractivity contribution in [1.29, 1.82) is 0 Å². The zero-order valence-electron chi connectivity index (χ0n) is 9.43. The van der Waals surface area contributed by atoms with E-state index in [-0.39, 0.29) is 16.8 Å². The summed E-state index contributed by atoms with van der Waals surface area (Å²) in [6.45, 7) is 0. The van der Waals surface area contributed by atoms with Crippen LogP contribution in [0.5, 0.6) is 0 Å². The maximum absolute atomic E-state index is 12.1. The molecule has 18 heavy (non-hydrogen) atoms. The lowest BCUT2D eigenvalue weighted by Gasteiger charge is -2.30. The molecule has 1 aromatic rings. The molecule has 2 unspecified atom stereocenters. The number of amides is 2. The summed E-state index contributed by atoms with van der Waals surface area (Å²) < 4.78 is 5.33. The van der Waals surface area contributed by atoms with Gasteiger partial charge in [0.05, 0.1) is 10.7 Å². The van der Waals surface area contributed by atoms with Gasteiger partial charge in [-0.15, -0.1) is 0 Å². The molecular weight excluding hydrogens is 256 g/mol. The van der Waals surface area contributed by atoms with Gasteiger partial charge in [-0.3, -0.25) is 9.59 Å². The van der Waals surface area contributed by atoms with E-state index in [4.69, 9.17) is 22.1 Å². The van der Waals surface area contributed by atoms with Crippen LogP contribution < -0.4 is 10.6 Å². The van der Waals surface area contributed by atoms with Gasteiger partial charge in [0.2, 0.25) is 0 Å². The highest BCUT2D eigenvalue weighted by Crippen LogP contribution is 2.35. The summed E-state index contributed by atoms with van der Waals surface area (Å²) in [4.78, 5) is 25.4. The molecule has 3 rings (SSSR count). The summed E-state index contributed by atoms with van der Waals surface area (Å²) in [5.41, 5.74) is 6.46. The molecule has 6 heteroatoms. The van der Waals surface area contributed by atoms with Gasteiger partial charge in [-0.1, -0.05) is 11.6 Å². The molecule has 2 atom stereocenters. The molecule has 2 amide bonds. The predicted molar refractivity (Wildman–Crippen MR) is 66.3 cm³/mol. The van der Waals surface area contributed by atoms with E-state index in [0.29, 0.717) is 24.2 Å². The zero-order chi connectivity index (χ0) is 12.9. The van der Waals surface area contributed by atoms with E-state index in [1.54, 1.807) is 12.1 Å². The van der Waals surface area contributed by atoms with Crippen molar-refractivity contribution < 1.29 is 14.3 Å². The number of halogens is 1. The van der Waals surface area contributed by atoms with Crippen molar-refractivity contribution >= 4 is 34.8 Å². The molecule has 0 aliphatic carbocycles. The van der Waals surface area contributed by atoms with Gasteiger partial charge in [-0.05, 0) is 31.0 Å². The van der Waals surface area contributed by atoms with Crippen LogP contribution in [-0.4, -0.2) is 24.0 Å². The fourth-order valence-electron chi connectivity index (χ4n) is 2.34. The number of nitrogens with two attached hydrogens (primary N) is 1. The van der Waals surface area contributed by atoms with Gasteiger partial charge in [-0.2, -0.15) is 0 Å². The number of ether oxygens (including phenoxy) is 1. The topological polar surface area (TPSA) is 72.6 Å². The highest BCUT2D eigenvalue weighted by atomic mass is 35.5. The quantitative estimate of drug-likeness (QED) is 0.615. The number of carbonyl (C=O) groups excluding carboxylic acids is 2. The van der Waals surface area contributed by atoms with Gasteiger partial charge >= 0.3 is 0 Å². The molecule has 5 nitrogen and oxygen atoms in total. The van der Waals surface area contributed by atoms with E-state index in [1.165, 1.54) is 6.07 Å². The van der Waals surface area contributed by atoms with Crippen LogP contribution in [0.1, 0.15) is 12.8 Å². The molecule has 2 fully saturated rings. The minimum atomic E-state index is -0.527. The first kappa shape index (κ1) is 11.5. The second-order valence-corrected chi connectivity index (χ2v) is 4.82. The second-order valence-electron chi connectivity index (χ2n) is 4.41. The molecule has 1 aromatic carbocycles. The number of hydrogen-bond donors (Lipinski definition) is 1. The molecule has 0 spiro atoms. The summed E-state index contributed by atoms with van der Waals surface area (Å²) in [5, 5.41) is 0.290.